The highest BCUT2D eigenvalue weighted by Gasteiger charge is 2.34. The molecule has 0 spiro atoms. The summed E-state index contributed by atoms with van der Waals surface area (Å²) in [5, 5.41) is 9.85. The molecular formula is C11H19ClN4S. The second kappa shape index (κ2) is 5.61. The molecule has 0 aliphatic carbocycles. The highest BCUT2D eigenvalue weighted by atomic mass is 35.5. The normalized spacial score (nSPS) is 31.5. The van der Waals surface area contributed by atoms with Crippen LogP contribution >= 0.6 is 23.9 Å². The van der Waals surface area contributed by atoms with Gasteiger partial charge in [-0.1, -0.05) is 4.49 Å². The summed E-state index contributed by atoms with van der Waals surface area (Å²) in [6.45, 7) is 0.945. The molecule has 2 saturated heterocycles. The van der Waals surface area contributed by atoms with Gasteiger partial charge in [0.2, 0.25) is 0 Å². The Balaban J connectivity index is 0.00000108. The fraction of sp³-hybridized carbons (Fsp3) is 0.818. The van der Waals surface area contributed by atoms with Gasteiger partial charge in [-0.25, -0.2) is 0 Å². The minimum atomic E-state index is 0. The number of nitrogens with one attached hydrogen (secondary N) is 1. The smallest absolute Gasteiger partial charge is 0.0895 e. The summed E-state index contributed by atoms with van der Waals surface area (Å²) in [6.07, 6.45) is 5.33. The number of nitrogens with zero attached hydrogens (tertiary/aromatic N) is 3. The van der Waals surface area contributed by atoms with Crippen LogP contribution in [0.2, 0.25) is 0 Å². The molecule has 96 valence electrons. The minimum absolute atomic E-state index is 0. The van der Waals surface area contributed by atoms with Crippen LogP contribution in [0.1, 0.15) is 31.4 Å². The molecule has 0 aromatic carbocycles. The number of aromatic nitrogens is 2. The van der Waals surface area contributed by atoms with E-state index in [2.05, 4.69) is 26.9 Å². The third kappa shape index (κ3) is 2.96. The van der Waals surface area contributed by atoms with Gasteiger partial charge >= 0.3 is 0 Å². The first-order chi connectivity index (χ1) is 7.81. The average Bonchev–Trinajstić information content (AvgIpc) is 2.89. The molecule has 3 rings (SSSR count). The van der Waals surface area contributed by atoms with Crippen molar-refractivity contribution < 1.29 is 0 Å². The summed E-state index contributed by atoms with van der Waals surface area (Å²) in [4.78, 5) is 2.45. The number of hydrogen-bond acceptors (Lipinski definition) is 5. The van der Waals surface area contributed by atoms with Gasteiger partial charge in [0.1, 0.15) is 0 Å². The van der Waals surface area contributed by atoms with Crippen LogP contribution in [0.15, 0.2) is 5.38 Å². The predicted octanol–water partition coefficient (Wildman–Crippen LogP) is 1.67. The van der Waals surface area contributed by atoms with Gasteiger partial charge in [-0.3, -0.25) is 4.90 Å². The first-order valence-electron chi connectivity index (χ1n) is 6.03. The van der Waals surface area contributed by atoms with Gasteiger partial charge in [0.05, 0.1) is 5.69 Å². The van der Waals surface area contributed by atoms with Gasteiger partial charge in [-0.05, 0) is 44.3 Å². The van der Waals surface area contributed by atoms with E-state index < -0.39 is 0 Å². The second-order valence-electron chi connectivity index (χ2n) is 5.07. The van der Waals surface area contributed by atoms with E-state index in [0.29, 0.717) is 0 Å². The highest BCUT2D eigenvalue weighted by molar-refractivity contribution is 7.03. The standard InChI is InChI=1S/C11H18N4S.ClH/c1-15(6-10-7-16-14-13-10)11-4-8-2-3-9(5-11)12-8;/h7-9,11-12H,2-6H2,1H3;1H. The molecule has 0 amide bonds. The lowest BCUT2D eigenvalue weighted by atomic mass is 9.98. The van der Waals surface area contributed by atoms with Gasteiger partial charge < -0.3 is 5.32 Å². The van der Waals surface area contributed by atoms with Crippen molar-refractivity contribution in [3.05, 3.63) is 11.1 Å². The first-order valence-corrected chi connectivity index (χ1v) is 6.87. The van der Waals surface area contributed by atoms with Gasteiger partial charge in [0.25, 0.3) is 0 Å². The summed E-state index contributed by atoms with van der Waals surface area (Å²) in [5.74, 6) is 0. The summed E-state index contributed by atoms with van der Waals surface area (Å²) in [5.41, 5.74) is 1.11. The third-order valence-corrected chi connectivity index (χ3v) is 4.44. The summed E-state index contributed by atoms with van der Waals surface area (Å²) in [6, 6.07) is 2.25. The van der Waals surface area contributed by atoms with Crippen LogP contribution in [-0.4, -0.2) is 39.7 Å². The Morgan fingerprint density at radius 3 is 2.71 bits per heavy atom. The maximum Gasteiger partial charge on any atom is 0.0895 e. The molecule has 0 saturated carbocycles. The fourth-order valence-corrected chi connectivity index (χ4v) is 3.47. The lowest BCUT2D eigenvalue weighted by molar-refractivity contribution is 0.164. The van der Waals surface area contributed by atoms with E-state index in [1.54, 1.807) is 0 Å². The molecule has 2 unspecified atom stereocenters. The number of halogens is 1. The van der Waals surface area contributed by atoms with Crippen LogP contribution in [0, 0.1) is 0 Å². The molecule has 4 nitrogen and oxygen atoms in total. The zero-order valence-corrected chi connectivity index (χ0v) is 11.6. The zero-order valence-electron chi connectivity index (χ0n) is 10.0. The molecule has 3 heterocycles. The van der Waals surface area contributed by atoms with Crippen molar-refractivity contribution >= 4 is 23.9 Å². The maximum absolute atomic E-state index is 4.12. The van der Waals surface area contributed by atoms with E-state index in [1.165, 1.54) is 37.2 Å². The van der Waals surface area contributed by atoms with Crippen molar-refractivity contribution in [3.8, 4) is 0 Å². The van der Waals surface area contributed by atoms with Gasteiger partial charge in [-0.15, -0.1) is 17.5 Å². The molecule has 1 aromatic heterocycles. The molecule has 1 aromatic rings. The van der Waals surface area contributed by atoms with Crippen molar-refractivity contribution in [2.45, 2.75) is 50.4 Å². The molecule has 2 aliphatic heterocycles. The van der Waals surface area contributed by atoms with Crippen LogP contribution in [0.3, 0.4) is 0 Å². The number of piperidine rings is 1. The van der Waals surface area contributed by atoms with Gasteiger partial charge in [0.15, 0.2) is 0 Å². The fourth-order valence-electron chi connectivity index (χ4n) is 3.02. The highest BCUT2D eigenvalue weighted by Crippen LogP contribution is 2.29. The quantitative estimate of drug-likeness (QED) is 0.911. The molecule has 2 atom stereocenters. The summed E-state index contributed by atoms with van der Waals surface area (Å²) >= 11 is 1.44. The van der Waals surface area contributed by atoms with Crippen LogP contribution < -0.4 is 5.32 Å². The third-order valence-electron chi connectivity index (χ3n) is 3.89. The molecule has 0 radical (unpaired) electrons. The Morgan fingerprint density at radius 2 is 2.12 bits per heavy atom. The average molecular weight is 275 g/mol. The van der Waals surface area contributed by atoms with Crippen LogP contribution in [0.25, 0.3) is 0 Å². The molecular weight excluding hydrogens is 256 g/mol. The zero-order chi connectivity index (χ0) is 11.0. The molecule has 2 bridgehead atoms. The lowest BCUT2D eigenvalue weighted by Gasteiger charge is -2.35. The SMILES string of the molecule is CN(Cc1csnn1)C1CC2CCC(C1)N2.Cl. The molecule has 2 fully saturated rings. The monoisotopic (exact) mass is 274 g/mol. The van der Waals surface area contributed by atoms with E-state index >= 15 is 0 Å². The molecule has 1 N–H and O–H groups in total. The Kier molecular flexibility index (Phi) is 4.36. The summed E-state index contributed by atoms with van der Waals surface area (Å²) < 4.78 is 3.92. The van der Waals surface area contributed by atoms with Crippen molar-refractivity contribution in [3.63, 3.8) is 0 Å². The van der Waals surface area contributed by atoms with E-state index in [9.17, 15) is 0 Å². The molecule has 2 aliphatic rings. The minimum Gasteiger partial charge on any atom is -0.311 e. The topological polar surface area (TPSA) is 41.1 Å². The van der Waals surface area contributed by atoms with Gasteiger partial charge in [0, 0.05) is 30.1 Å². The molecule has 17 heavy (non-hydrogen) atoms. The van der Waals surface area contributed by atoms with Crippen LogP contribution in [0.5, 0.6) is 0 Å². The Hall–Kier alpha value is -0.230. The van der Waals surface area contributed by atoms with Crippen molar-refractivity contribution in [2.75, 3.05) is 7.05 Å². The van der Waals surface area contributed by atoms with E-state index in [-0.39, 0.29) is 12.4 Å². The van der Waals surface area contributed by atoms with Crippen molar-refractivity contribution in [1.82, 2.24) is 19.8 Å². The van der Waals surface area contributed by atoms with Crippen molar-refractivity contribution in [2.24, 2.45) is 0 Å². The summed E-state index contributed by atoms with van der Waals surface area (Å²) in [7, 11) is 2.22. The maximum atomic E-state index is 4.12. The Morgan fingerprint density at radius 1 is 1.41 bits per heavy atom. The van der Waals surface area contributed by atoms with Crippen LogP contribution in [-0.2, 0) is 6.54 Å². The lowest BCUT2D eigenvalue weighted by Crippen LogP contribution is -2.46. The number of hydrogen-bond donors (Lipinski definition) is 1. The van der Waals surface area contributed by atoms with Crippen LogP contribution in [0.4, 0.5) is 0 Å². The Bertz CT molecular complexity index is 333. The van der Waals surface area contributed by atoms with Crippen molar-refractivity contribution in [1.29, 1.82) is 0 Å². The number of rotatable bonds is 3. The first kappa shape index (κ1) is 13.2. The van der Waals surface area contributed by atoms with E-state index in [4.69, 9.17) is 0 Å². The number of fused-ring (bicyclic) bond motifs is 2. The van der Waals surface area contributed by atoms with Gasteiger partial charge in [-0.2, -0.15) is 0 Å². The second-order valence-corrected chi connectivity index (χ2v) is 5.68. The largest absolute Gasteiger partial charge is 0.311 e. The predicted molar refractivity (Wildman–Crippen MR) is 71.6 cm³/mol. The molecule has 6 heteroatoms. The van der Waals surface area contributed by atoms with E-state index in [1.807, 2.05) is 5.38 Å². The Labute approximate surface area is 112 Å². The van der Waals surface area contributed by atoms with E-state index in [0.717, 1.165) is 30.4 Å².